The summed E-state index contributed by atoms with van der Waals surface area (Å²) in [5.74, 6) is -0.0615. The molecule has 112 valence electrons. The Bertz CT molecular complexity index is 481. The van der Waals surface area contributed by atoms with Crippen LogP contribution in [0.2, 0.25) is 0 Å². The first-order valence-corrected chi connectivity index (χ1v) is 6.53. The molecule has 0 bridgehead atoms. The standard InChI is InChI=1S/C14H23N3O3/c1-9-13(20)11(10(8-18)5-16-9)6-15-7-12(19)17-14(2,3)4/h5,15,18,20H,6-8H2,1-4H3,(H,17,19). The maximum Gasteiger partial charge on any atom is 0.234 e. The number of aliphatic hydroxyl groups excluding tert-OH is 1. The molecule has 0 aliphatic heterocycles. The minimum atomic E-state index is -0.273. The van der Waals surface area contributed by atoms with Gasteiger partial charge in [-0.2, -0.15) is 0 Å². The number of amides is 1. The van der Waals surface area contributed by atoms with Crippen molar-refractivity contribution in [3.05, 3.63) is 23.0 Å². The molecule has 0 radical (unpaired) electrons. The van der Waals surface area contributed by atoms with Gasteiger partial charge in [0.2, 0.25) is 5.91 Å². The van der Waals surface area contributed by atoms with E-state index >= 15 is 0 Å². The highest BCUT2D eigenvalue weighted by Crippen LogP contribution is 2.23. The van der Waals surface area contributed by atoms with Gasteiger partial charge in [0.15, 0.2) is 0 Å². The zero-order chi connectivity index (χ0) is 15.3. The van der Waals surface area contributed by atoms with Crippen LogP contribution < -0.4 is 10.6 Å². The second-order valence-electron chi connectivity index (χ2n) is 5.76. The highest BCUT2D eigenvalue weighted by molar-refractivity contribution is 5.78. The van der Waals surface area contributed by atoms with Crippen molar-refractivity contribution in [1.82, 2.24) is 15.6 Å². The number of nitrogens with zero attached hydrogens (tertiary/aromatic N) is 1. The number of hydrogen-bond donors (Lipinski definition) is 4. The highest BCUT2D eigenvalue weighted by atomic mass is 16.3. The Balaban J connectivity index is 2.62. The summed E-state index contributed by atoms with van der Waals surface area (Å²) < 4.78 is 0. The number of aliphatic hydroxyl groups is 1. The number of aromatic hydroxyl groups is 1. The van der Waals surface area contributed by atoms with Crippen molar-refractivity contribution >= 4 is 5.91 Å². The molecule has 0 aliphatic carbocycles. The molecular weight excluding hydrogens is 258 g/mol. The minimum Gasteiger partial charge on any atom is -0.506 e. The number of carbonyl (C=O) groups excluding carboxylic acids is 1. The smallest absolute Gasteiger partial charge is 0.234 e. The van der Waals surface area contributed by atoms with Crippen molar-refractivity contribution in [2.24, 2.45) is 0 Å². The summed E-state index contributed by atoms with van der Waals surface area (Å²) in [7, 11) is 0. The molecule has 0 saturated heterocycles. The van der Waals surface area contributed by atoms with Crippen molar-refractivity contribution in [1.29, 1.82) is 0 Å². The van der Waals surface area contributed by atoms with Gasteiger partial charge in [-0.05, 0) is 27.7 Å². The molecule has 1 aromatic heterocycles. The normalized spacial score (nSPS) is 11.4. The molecule has 1 aromatic rings. The molecule has 4 N–H and O–H groups in total. The van der Waals surface area contributed by atoms with Gasteiger partial charge in [-0.1, -0.05) is 0 Å². The lowest BCUT2D eigenvalue weighted by Crippen LogP contribution is -2.44. The fraction of sp³-hybridized carbons (Fsp3) is 0.571. The van der Waals surface area contributed by atoms with Gasteiger partial charge in [0.25, 0.3) is 0 Å². The maximum absolute atomic E-state index is 11.7. The Labute approximate surface area is 119 Å². The molecule has 6 nitrogen and oxygen atoms in total. The van der Waals surface area contributed by atoms with Crippen LogP contribution in [0, 0.1) is 6.92 Å². The van der Waals surface area contributed by atoms with E-state index in [0.29, 0.717) is 23.4 Å². The van der Waals surface area contributed by atoms with Gasteiger partial charge in [0.1, 0.15) is 5.75 Å². The largest absolute Gasteiger partial charge is 0.506 e. The summed E-state index contributed by atoms with van der Waals surface area (Å²) in [5, 5.41) is 25.0. The summed E-state index contributed by atoms with van der Waals surface area (Å²) in [6, 6.07) is 0. The van der Waals surface area contributed by atoms with Crippen molar-refractivity contribution in [3.63, 3.8) is 0 Å². The van der Waals surface area contributed by atoms with Gasteiger partial charge in [-0.3, -0.25) is 9.78 Å². The molecule has 0 spiro atoms. The highest BCUT2D eigenvalue weighted by Gasteiger charge is 2.14. The van der Waals surface area contributed by atoms with Crippen LogP contribution >= 0.6 is 0 Å². The average Bonchev–Trinajstić information content (AvgIpc) is 2.32. The zero-order valence-electron chi connectivity index (χ0n) is 12.4. The Morgan fingerprint density at radius 1 is 1.40 bits per heavy atom. The molecule has 1 amide bonds. The quantitative estimate of drug-likeness (QED) is 0.634. The SMILES string of the molecule is Cc1ncc(CO)c(CNCC(=O)NC(C)(C)C)c1O. The molecule has 0 saturated carbocycles. The summed E-state index contributed by atoms with van der Waals surface area (Å²) in [6.07, 6.45) is 1.53. The number of rotatable bonds is 5. The second kappa shape index (κ2) is 6.67. The van der Waals surface area contributed by atoms with Gasteiger partial charge < -0.3 is 20.8 Å². The van der Waals surface area contributed by atoms with E-state index in [1.165, 1.54) is 6.20 Å². The number of aromatic nitrogens is 1. The molecule has 0 aromatic carbocycles. The van der Waals surface area contributed by atoms with E-state index in [4.69, 9.17) is 0 Å². The molecule has 0 atom stereocenters. The number of pyridine rings is 1. The van der Waals surface area contributed by atoms with Crippen LogP contribution in [-0.2, 0) is 17.9 Å². The van der Waals surface area contributed by atoms with Crippen LogP contribution in [0.25, 0.3) is 0 Å². The number of aryl methyl sites for hydroxylation is 1. The lowest BCUT2D eigenvalue weighted by molar-refractivity contribution is -0.121. The molecule has 1 rings (SSSR count). The topological polar surface area (TPSA) is 94.5 Å². The van der Waals surface area contributed by atoms with E-state index in [9.17, 15) is 15.0 Å². The number of hydrogen-bond acceptors (Lipinski definition) is 5. The Hall–Kier alpha value is -1.66. The van der Waals surface area contributed by atoms with Crippen LogP contribution in [0.4, 0.5) is 0 Å². The lowest BCUT2D eigenvalue weighted by atomic mass is 10.1. The van der Waals surface area contributed by atoms with Gasteiger partial charge in [-0.25, -0.2) is 0 Å². The second-order valence-corrected chi connectivity index (χ2v) is 5.76. The summed E-state index contributed by atoms with van der Waals surface area (Å²) >= 11 is 0. The number of nitrogens with one attached hydrogen (secondary N) is 2. The van der Waals surface area contributed by atoms with Crippen LogP contribution in [0.3, 0.4) is 0 Å². The Kier molecular flexibility index (Phi) is 5.47. The van der Waals surface area contributed by atoms with E-state index in [1.807, 2.05) is 20.8 Å². The zero-order valence-corrected chi connectivity index (χ0v) is 12.4. The van der Waals surface area contributed by atoms with Crippen molar-refractivity contribution in [3.8, 4) is 5.75 Å². The predicted molar refractivity (Wildman–Crippen MR) is 76.2 cm³/mol. The molecule has 0 unspecified atom stereocenters. The van der Waals surface area contributed by atoms with E-state index in [-0.39, 0.29) is 30.3 Å². The summed E-state index contributed by atoms with van der Waals surface area (Å²) in [6.45, 7) is 7.65. The van der Waals surface area contributed by atoms with Gasteiger partial charge in [0.05, 0.1) is 18.8 Å². The van der Waals surface area contributed by atoms with Gasteiger partial charge in [0, 0.05) is 29.4 Å². The predicted octanol–water partition coefficient (Wildman–Crippen LogP) is 0.592. The first kappa shape index (κ1) is 16.4. The van der Waals surface area contributed by atoms with Gasteiger partial charge in [-0.15, -0.1) is 0 Å². The Morgan fingerprint density at radius 2 is 2.05 bits per heavy atom. The van der Waals surface area contributed by atoms with E-state index in [1.54, 1.807) is 6.92 Å². The first-order chi connectivity index (χ1) is 9.24. The molecule has 1 heterocycles. The van der Waals surface area contributed by atoms with E-state index in [2.05, 4.69) is 15.6 Å². The molecule has 6 heteroatoms. The summed E-state index contributed by atoms with van der Waals surface area (Å²) in [5.41, 5.74) is 1.35. The van der Waals surface area contributed by atoms with Crippen molar-refractivity contribution in [2.75, 3.05) is 6.54 Å². The Morgan fingerprint density at radius 3 is 2.60 bits per heavy atom. The third-order valence-corrected chi connectivity index (χ3v) is 2.70. The molecule has 0 fully saturated rings. The van der Waals surface area contributed by atoms with Crippen LogP contribution in [0.1, 0.15) is 37.6 Å². The molecular formula is C14H23N3O3. The first-order valence-electron chi connectivity index (χ1n) is 6.53. The molecule has 20 heavy (non-hydrogen) atoms. The minimum absolute atomic E-state index is 0.0558. The number of carbonyl (C=O) groups is 1. The monoisotopic (exact) mass is 281 g/mol. The third-order valence-electron chi connectivity index (χ3n) is 2.70. The fourth-order valence-corrected chi connectivity index (χ4v) is 1.78. The lowest BCUT2D eigenvalue weighted by Gasteiger charge is -2.20. The fourth-order valence-electron chi connectivity index (χ4n) is 1.78. The average molecular weight is 281 g/mol. The van der Waals surface area contributed by atoms with E-state index < -0.39 is 0 Å². The van der Waals surface area contributed by atoms with Crippen LogP contribution in [-0.4, -0.2) is 33.2 Å². The van der Waals surface area contributed by atoms with Crippen molar-refractivity contribution in [2.45, 2.75) is 46.4 Å². The van der Waals surface area contributed by atoms with E-state index in [0.717, 1.165) is 0 Å². The van der Waals surface area contributed by atoms with Gasteiger partial charge >= 0.3 is 0 Å². The maximum atomic E-state index is 11.7. The van der Waals surface area contributed by atoms with Crippen molar-refractivity contribution < 1.29 is 15.0 Å². The summed E-state index contributed by atoms with van der Waals surface area (Å²) in [4.78, 5) is 15.6. The third kappa shape index (κ3) is 4.79. The van der Waals surface area contributed by atoms with Crippen LogP contribution in [0.15, 0.2) is 6.20 Å². The molecule has 0 aliphatic rings. The van der Waals surface area contributed by atoms with Crippen LogP contribution in [0.5, 0.6) is 5.75 Å².